The van der Waals surface area contributed by atoms with Gasteiger partial charge in [-0.25, -0.2) is 0 Å². The SMILES string of the molecule is CO[C@H]1C(=O)N(C)[C@H]1c1cccc(Br)c1. The minimum atomic E-state index is -0.329. The Morgan fingerprint density at radius 1 is 1.47 bits per heavy atom. The molecule has 0 aromatic heterocycles. The number of hydrogen-bond donors (Lipinski definition) is 0. The fourth-order valence-corrected chi connectivity index (χ4v) is 2.33. The lowest BCUT2D eigenvalue weighted by Crippen LogP contribution is -2.57. The van der Waals surface area contributed by atoms with Crippen LogP contribution in [0.25, 0.3) is 0 Å². The summed E-state index contributed by atoms with van der Waals surface area (Å²) in [6.07, 6.45) is -0.329. The van der Waals surface area contributed by atoms with Crippen LogP contribution in [-0.4, -0.2) is 31.1 Å². The normalized spacial score (nSPS) is 25.3. The predicted octanol–water partition coefficient (Wildman–Crippen LogP) is 1.98. The fraction of sp³-hybridized carbons (Fsp3) is 0.364. The van der Waals surface area contributed by atoms with Crippen molar-refractivity contribution in [2.45, 2.75) is 12.1 Å². The van der Waals surface area contributed by atoms with Gasteiger partial charge in [0.1, 0.15) is 0 Å². The quantitative estimate of drug-likeness (QED) is 0.769. The third-order valence-corrected chi connectivity index (χ3v) is 3.23. The maximum atomic E-state index is 11.5. The molecular weight excluding hydrogens is 258 g/mol. The molecule has 0 N–H and O–H groups in total. The van der Waals surface area contributed by atoms with E-state index >= 15 is 0 Å². The van der Waals surface area contributed by atoms with Crippen LogP contribution in [0.4, 0.5) is 0 Å². The Kier molecular flexibility index (Phi) is 2.80. The van der Waals surface area contributed by atoms with E-state index in [9.17, 15) is 4.79 Å². The average Bonchev–Trinajstić information content (AvgIpc) is 2.24. The summed E-state index contributed by atoms with van der Waals surface area (Å²) in [6, 6.07) is 7.98. The van der Waals surface area contributed by atoms with Crippen LogP contribution in [0.3, 0.4) is 0 Å². The van der Waals surface area contributed by atoms with E-state index in [2.05, 4.69) is 15.9 Å². The molecule has 0 bridgehead atoms. The van der Waals surface area contributed by atoms with E-state index in [0.29, 0.717) is 0 Å². The summed E-state index contributed by atoms with van der Waals surface area (Å²) in [5, 5.41) is 0. The minimum absolute atomic E-state index is 0.0417. The first-order valence-electron chi connectivity index (χ1n) is 4.70. The van der Waals surface area contributed by atoms with Crippen LogP contribution in [0.15, 0.2) is 28.7 Å². The third-order valence-electron chi connectivity index (χ3n) is 2.74. The number of benzene rings is 1. The number of likely N-dealkylation sites (N-methyl/N-ethyl adjacent to an activating group) is 1. The predicted molar refractivity (Wildman–Crippen MR) is 60.5 cm³/mol. The van der Waals surface area contributed by atoms with Gasteiger partial charge in [-0.2, -0.15) is 0 Å². The maximum Gasteiger partial charge on any atom is 0.254 e. The Hall–Kier alpha value is -0.870. The largest absolute Gasteiger partial charge is 0.369 e. The molecule has 3 nitrogen and oxygen atoms in total. The highest BCUT2D eigenvalue weighted by Crippen LogP contribution is 2.35. The lowest BCUT2D eigenvalue weighted by molar-refractivity contribution is -0.167. The lowest BCUT2D eigenvalue weighted by Gasteiger charge is -2.44. The zero-order valence-electron chi connectivity index (χ0n) is 8.61. The molecule has 1 fully saturated rings. The van der Waals surface area contributed by atoms with E-state index in [1.54, 1.807) is 19.1 Å². The summed E-state index contributed by atoms with van der Waals surface area (Å²) in [5.41, 5.74) is 1.10. The van der Waals surface area contributed by atoms with Gasteiger partial charge in [-0.3, -0.25) is 4.79 Å². The van der Waals surface area contributed by atoms with E-state index < -0.39 is 0 Å². The molecule has 0 radical (unpaired) electrons. The topological polar surface area (TPSA) is 29.5 Å². The molecule has 1 aromatic carbocycles. The van der Waals surface area contributed by atoms with Crippen molar-refractivity contribution < 1.29 is 9.53 Å². The summed E-state index contributed by atoms with van der Waals surface area (Å²) in [4.78, 5) is 13.2. The summed E-state index contributed by atoms with van der Waals surface area (Å²) in [7, 11) is 3.37. The van der Waals surface area contributed by atoms with Crippen molar-refractivity contribution in [2.24, 2.45) is 0 Å². The molecule has 0 saturated carbocycles. The van der Waals surface area contributed by atoms with Crippen molar-refractivity contribution in [3.63, 3.8) is 0 Å². The second-order valence-electron chi connectivity index (χ2n) is 3.61. The highest BCUT2D eigenvalue weighted by molar-refractivity contribution is 9.10. The van der Waals surface area contributed by atoms with Crippen molar-refractivity contribution in [3.8, 4) is 0 Å². The van der Waals surface area contributed by atoms with Gasteiger partial charge in [-0.15, -0.1) is 0 Å². The number of rotatable bonds is 2. The molecule has 2 rings (SSSR count). The zero-order chi connectivity index (χ0) is 11.0. The van der Waals surface area contributed by atoms with Gasteiger partial charge in [0, 0.05) is 18.6 Å². The number of halogens is 1. The number of nitrogens with zero attached hydrogens (tertiary/aromatic N) is 1. The standard InChI is InChI=1S/C11H12BrNO2/c1-13-9(10(15-2)11(13)14)7-4-3-5-8(12)6-7/h3-6,9-10H,1-2H3/t9-,10+/m0/s1. The molecular formula is C11H12BrNO2. The van der Waals surface area contributed by atoms with Gasteiger partial charge in [0.2, 0.25) is 0 Å². The second kappa shape index (κ2) is 3.94. The van der Waals surface area contributed by atoms with Crippen molar-refractivity contribution >= 4 is 21.8 Å². The lowest BCUT2D eigenvalue weighted by atomic mass is 9.91. The molecule has 1 aromatic rings. The van der Waals surface area contributed by atoms with Crippen LogP contribution < -0.4 is 0 Å². The van der Waals surface area contributed by atoms with Gasteiger partial charge >= 0.3 is 0 Å². The van der Waals surface area contributed by atoms with Gasteiger partial charge in [0.15, 0.2) is 6.10 Å². The van der Waals surface area contributed by atoms with Gasteiger partial charge in [0.25, 0.3) is 5.91 Å². The monoisotopic (exact) mass is 269 g/mol. The van der Waals surface area contributed by atoms with E-state index in [1.807, 2.05) is 24.3 Å². The molecule has 0 aliphatic carbocycles. The van der Waals surface area contributed by atoms with Crippen LogP contribution in [0.5, 0.6) is 0 Å². The number of β-lactam (4-membered cyclic amide) rings is 1. The Morgan fingerprint density at radius 2 is 2.20 bits per heavy atom. The molecule has 4 heteroatoms. The molecule has 1 aliphatic heterocycles. The Morgan fingerprint density at radius 3 is 2.80 bits per heavy atom. The number of amides is 1. The first kappa shape index (κ1) is 10.6. The van der Waals surface area contributed by atoms with Gasteiger partial charge in [-0.05, 0) is 17.7 Å². The van der Waals surface area contributed by atoms with Crippen LogP contribution in [0.1, 0.15) is 11.6 Å². The Balaban J connectivity index is 2.28. The first-order chi connectivity index (χ1) is 7.15. The fourth-order valence-electron chi connectivity index (χ4n) is 1.91. The summed E-state index contributed by atoms with van der Waals surface area (Å²) >= 11 is 3.42. The summed E-state index contributed by atoms with van der Waals surface area (Å²) < 4.78 is 6.19. The van der Waals surface area contributed by atoms with E-state index in [0.717, 1.165) is 10.0 Å². The number of carbonyl (C=O) groups excluding carboxylic acids is 1. The van der Waals surface area contributed by atoms with E-state index in [4.69, 9.17) is 4.74 Å². The van der Waals surface area contributed by atoms with Crippen LogP contribution >= 0.6 is 15.9 Å². The molecule has 0 unspecified atom stereocenters. The number of carbonyl (C=O) groups is 1. The average molecular weight is 270 g/mol. The maximum absolute atomic E-state index is 11.5. The Labute approximate surface area is 97.2 Å². The molecule has 15 heavy (non-hydrogen) atoms. The molecule has 1 amide bonds. The van der Waals surface area contributed by atoms with Crippen molar-refractivity contribution in [1.29, 1.82) is 0 Å². The summed E-state index contributed by atoms with van der Waals surface area (Å²) in [6.45, 7) is 0. The molecule has 0 spiro atoms. The molecule has 1 heterocycles. The van der Waals surface area contributed by atoms with Crippen molar-refractivity contribution in [2.75, 3.05) is 14.2 Å². The minimum Gasteiger partial charge on any atom is -0.369 e. The third kappa shape index (κ3) is 1.68. The van der Waals surface area contributed by atoms with Crippen LogP contribution in [0, 0.1) is 0 Å². The molecule has 2 atom stereocenters. The van der Waals surface area contributed by atoms with E-state index in [1.165, 1.54) is 0 Å². The first-order valence-corrected chi connectivity index (χ1v) is 5.49. The van der Waals surface area contributed by atoms with Crippen molar-refractivity contribution in [1.82, 2.24) is 4.90 Å². The van der Waals surface area contributed by atoms with Crippen LogP contribution in [-0.2, 0) is 9.53 Å². The highest BCUT2D eigenvalue weighted by atomic mass is 79.9. The number of ether oxygens (including phenoxy) is 1. The second-order valence-corrected chi connectivity index (χ2v) is 4.52. The Bertz CT molecular complexity index is 394. The number of likely N-dealkylation sites (tertiary alicyclic amines) is 1. The van der Waals surface area contributed by atoms with Gasteiger partial charge in [0.05, 0.1) is 6.04 Å². The van der Waals surface area contributed by atoms with E-state index in [-0.39, 0.29) is 18.1 Å². The molecule has 80 valence electrons. The smallest absolute Gasteiger partial charge is 0.254 e. The van der Waals surface area contributed by atoms with Crippen LogP contribution in [0.2, 0.25) is 0 Å². The van der Waals surface area contributed by atoms with Crippen molar-refractivity contribution in [3.05, 3.63) is 34.3 Å². The van der Waals surface area contributed by atoms with Gasteiger partial charge in [-0.1, -0.05) is 28.1 Å². The van der Waals surface area contributed by atoms with Gasteiger partial charge < -0.3 is 9.64 Å². The molecule has 1 aliphatic rings. The zero-order valence-corrected chi connectivity index (χ0v) is 10.2. The number of methoxy groups -OCH3 is 1. The highest BCUT2D eigenvalue weighted by Gasteiger charge is 2.46. The molecule has 1 saturated heterocycles. The number of hydrogen-bond acceptors (Lipinski definition) is 2. The summed E-state index contributed by atoms with van der Waals surface area (Å²) in [5.74, 6) is 0.0440.